The van der Waals surface area contributed by atoms with Crippen molar-refractivity contribution in [1.29, 1.82) is 0 Å². The third kappa shape index (κ3) is 0.997. The van der Waals surface area contributed by atoms with Crippen molar-refractivity contribution in [1.82, 2.24) is 0 Å². The number of aliphatic hydroxyl groups excluding tert-OH is 1. The second-order valence-electron chi connectivity index (χ2n) is 6.23. The van der Waals surface area contributed by atoms with Gasteiger partial charge in [-0.2, -0.15) is 0 Å². The van der Waals surface area contributed by atoms with E-state index in [1.807, 2.05) is 0 Å². The maximum absolute atomic E-state index is 10.0. The average Bonchev–Trinajstić information content (AvgIpc) is 2.78. The number of benzene rings is 2. The highest BCUT2D eigenvalue weighted by molar-refractivity contribution is 5.67. The number of fused-ring (bicyclic) bond motifs is 8. The highest BCUT2D eigenvalue weighted by Gasteiger charge is 2.63. The summed E-state index contributed by atoms with van der Waals surface area (Å²) in [5.41, 5.74) is 5.50. The zero-order valence-electron chi connectivity index (χ0n) is 11.4. The summed E-state index contributed by atoms with van der Waals surface area (Å²) >= 11 is 0. The van der Waals surface area contributed by atoms with E-state index in [-0.39, 0.29) is 23.4 Å². The molecule has 4 rings (SSSR count). The summed E-state index contributed by atoms with van der Waals surface area (Å²) in [6.45, 7) is 4.82. The van der Waals surface area contributed by atoms with E-state index in [2.05, 4.69) is 62.4 Å². The molecule has 2 aliphatic rings. The largest absolute Gasteiger partial charge is 0.396 e. The Balaban J connectivity index is 2.15. The molecule has 0 aromatic heterocycles. The Labute approximate surface area is 113 Å². The van der Waals surface area contributed by atoms with Gasteiger partial charge in [-0.1, -0.05) is 62.4 Å². The van der Waals surface area contributed by atoms with Crippen molar-refractivity contribution >= 4 is 0 Å². The van der Waals surface area contributed by atoms with Gasteiger partial charge in [0.05, 0.1) is 0 Å². The quantitative estimate of drug-likeness (QED) is 0.824. The molecule has 0 amide bonds. The van der Waals surface area contributed by atoms with Crippen molar-refractivity contribution in [3.05, 3.63) is 70.8 Å². The van der Waals surface area contributed by atoms with Crippen LogP contribution in [0, 0.1) is 5.92 Å². The first-order valence-electron chi connectivity index (χ1n) is 6.96. The van der Waals surface area contributed by atoms with Gasteiger partial charge < -0.3 is 5.11 Å². The molecule has 0 saturated heterocycles. The minimum atomic E-state index is -0.0450. The topological polar surface area (TPSA) is 20.2 Å². The van der Waals surface area contributed by atoms with Crippen molar-refractivity contribution in [2.24, 2.45) is 5.92 Å². The van der Waals surface area contributed by atoms with Crippen molar-refractivity contribution < 1.29 is 5.11 Å². The highest BCUT2D eigenvalue weighted by atomic mass is 16.3. The second kappa shape index (κ2) is 3.29. The summed E-state index contributed by atoms with van der Waals surface area (Å²) in [5.74, 6) is 0.245. The van der Waals surface area contributed by atoms with Gasteiger partial charge in [-0.25, -0.2) is 0 Å². The van der Waals surface area contributed by atoms with Crippen LogP contribution in [0.4, 0.5) is 0 Å². The molecule has 0 heterocycles. The molecule has 19 heavy (non-hydrogen) atoms. The molecule has 1 heteroatoms. The molecule has 0 saturated carbocycles. The van der Waals surface area contributed by atoms with Crippen molar-refractivity contribution in [2.45, 2.75) is 24.7 Å². The first kappa shape index (κ1) is 11.2. The first-order chi connectivity index (χ1) is 9.15. The summed E-state index contributed by atoms with van der Waals surface area (Å²) in [6, 6.07) is 17.4. The second-order valence-corrected chi connectivity index (χ2v) is 6.23. The van der Waals surface area contributed by atoms with Crippen molar-refractivity contribution in [3.63, 3.8) is 0 Å². The smallest absolute Gasteiger partial charge is 0.0482 e. The Bertz CT molecular complexity index is 567. The fraction of sp³-hybridized carbons (Fsp3) is 0.333. The van der Waals surface area contributed by atoms with Crippen LogP contribution in [0.2, 0.25) is 0 Å². The lowest BCUT2D eigenvalue weighted by molar-refractivity contribution is 0.162. The number of aliphatic hydroxyl groups is 1. The van der Waals surface area contributed by atoms with Gasteiger partial charge in [0.25, 0.3) is 0 Å². The first-order valence-corrected chi connectivity index (χ1v) is 6.96. The van der Waals surface area contributed by atoms with Crippen LogP contribution in [-0.2, 0) is 10.8 Å². The predicted octanol–water partition coefficient (Wildman–Crippen LogP) is 3.23. The van der Waals surface area contributed by atoms with Crippen LogP contribution in [0.5, 0.6) is 0 Å². The molecule has 0 aliphatic heterocycles. The molecule has 0 atom stereocenters. The Kier molecular flexibility index (Phi) is 1.95. The zero-order chi connectivity index (χ0) is 13.3. The fourth-order valence-corrected chi connectivity index (χ4v) is 4.76. The van der Waals surface area contributed by atoms with Crippen LogP contribution in [0.1, 0.15) is 36.1 Å². The minimum absolute atomic E-state index is 0.0450. The van der Waals surface area contributed by atoms with Gasteiger partial charge in [0.15, 0.2) is 0 Å². The summed E-state index contributed by atoms with van der Waals surface area (Å²) in [5, 5.41) is 10.0. The van der Waals surface area contributed by atoms with Gasteiger partial charge in [-0.3, -0.25) is 0 Å². The number of hydrogen-bond donors (Lipinski definition) is 1. The minimum Gasteiger partial charge on any atom is -0.396 e. The molecule has 2 aromatic rings. The summed E-state index contributed by atoms with van der Waals surface area (Å²) in [4.78, 5) is 0. The Hall–Kier alpha value is -1.60. The molecule has 2 aliphatic carbocycles. The van der Waals surface area contributed by atoms with Crippen LogP contribution < -0.4 is 0 Å². The lowest BCUT2D eigenvalue weighted by Gasteiger charge is -2.29. The zero-order valence-corrected chi connectivity index (χ0v) is 11.4. The van der Waals surface area contributed by atoms with Gasteiger partial charge in [0, 0.05) is 23.4 Å². The Morgan fingerprint density at radius 1 is 0.789 bits per heavy atom. The van der Waals surface area contributed by atoms with E-state index in [9.17, 15) is 5.11 Å². The van der Waals surface area contributed by atoms with Crippen LogP contribution in [0.3, 0.4) is 0 Å². The van der Waals surface area contributed by atoms with Gasteiger partial charge in [-0.05, 0) is 22.3 Å². The average molecular weight is 250 g/mol. The van der Waals surface area contributed by atoms with Gasteiger partial charge >= 0.3 is 0 Å². The van der Waals surface area contributed by atoms with E-state index in [0.29, 0.717) is 0 Å². The molecule has 96 valence electrons. The van der Waals surface area contributed by atoms with E-state index in [1.165, 1.54) is 22.3 Å². The van der Waals surface area contributed by atoms with Crippen molar-refractivity contribution in [2.75, 3.05) is 6.61 Å². The summed E-state index contributed by atoms with van der Waals surface area (Å²) in [6.07, 6.45) is 0. The van der Waals surface area contributed by atoms with Gasteiger partial charge in [0.2, 0.25) is 0 Å². The number of hydrogen-bond acceptors (Lipinski definition) is 1. The number of rotatable bonds is 1. The summed E-state index contributed by atoms with van der Waals surface area (Å²) in [7, 11) is 0. The molecule has 1 N–H and O–H groups in total. The van der Waals surface area contributed by atoms with Crippen LogP contribution >= 0.6 is 0 Å². The van der Waals surface area contributed by atoms with Crippen LogP contribution in [0.15, 0.2) is 48.5 Å². The van der Waals surface area contributed by atoms with E-state index in [4.69, 9.17) is 0 Å². The Morgan fingerprint density at radius 2 is 1.11 bits per heavy atom. The third-order valence-electron chi connectivity index (χ3n) is 5.67. The molecule has 1 nitrogen and oxygen atoms in total. The molecule has 0 radical (unpaired) electrons. The van der Waals surface area contributed by atoms with E-state index in [1.54, 1.807) is 0 Å². The highest BCUT2D eigenvalue weighted by Crippen LogP contribution is 2.66. The van der Waals surface area contributed by atoms with E-state index >= 15 is 0 Å². The standard InChI is InChI=1S/C18H18O/c1-17-12-7-3-5-9-14(12)18(2,16(17)11-19)15-10-6-4-8-13(15)17/h3-10,16,19H,11H2,1-2H3. The third-order valence-corrected chi connectivity index (χ3v) is 5.67. The molecule has 0 spiro atoms. The molecular weight excluding hydrogens is 232 g/mol. The molecule has 2 bridgehead atoms. The molecule has 0 fully saturated rings. The monoisotopic (exact) mass is 250 g/mol. The lowest BCUT2D eigenvalue weighted by atomic mass is 9.74. The van der Waals surface area contributed by atoms with E-state index in [0.717, 1.165) is 0 Å². The predicted molar refractivity (Wildman–Crippen MR) is 76.4 cm³/mol. The normalized spacial score (nSPS) is 34.2. The maximum atomic E-state index is 10.0. The van der Waals surface area contributed by atoms with E-state index < -0.39 is 0 Å². The Morgan fingerprint density at radius 3 is 1.37 bits per heavy atom. The molecule has 2 aromatic carbocycles. The van der Waals surface area contributed by atoms with Crippen molar-refractivity contribution in [3.8, 4) is 0 Å². The van der Waals surface area contributed by atoms with Gasteiger partial charge in [-0.15, -0.1) is 0 Å². The SMILES string of the molecule is CC12c3ccccc3C(C)(c3ccccc31)C2CO. The van der Waals surface area contributed by atoms with Crippen LogP contribution in [-0.4, -0.2) is 11.7 Å². The molecule has 0 unspecified atom stereocenters. The maximum Gasteiger partial charge on any atom is 0.0482 e. The summed E-state index contributed by atoms with van der Waals surface area (Å²) < 4.78 is 0. The van der Waals surface area contributed by atoms with Gasteiger partial charge in [0.1, 0.15) is 0 Å². The lowest BCUT2D eigenvalue weighted by Crippen LogP contribution is -2.33. The molecular formula is C18H18O. The van der Waals surface area contributed by atoms with Crippen LogP contribution in [0.25, 0.3) is 0 Å². The fourth-order valence-electron chi connectivity index (χ4n) is 4.76.